The summed E-state index contributed by atoms with van der Waals surface area (Å²) in [6.45, 7) is 7.60. The van der Waals surface area contributed by atoms with Crippen LogP contribution in [-0.2, 0) is 4.79 Å². The summed E-state index contributed by atoms with van der Waals surface area (Å²) >= 11 is 0. The maximum absolute atomic E-state index is 12.7. The number of methoxy groups -OCH3 is 3. The average Bonchev–Trinajstić information content (AvgIpc) is 3.18. The molecule has 10 heteroatoms. The van der Waals surface area contributed by atoms with Gasteiger partial charge in [0.05, 0.1) is 39.3 Å². The van der Waals surface area contributed by atoms with Gasteiger partial charge in [0.25, 0.3) is 0 Å². The topological polar surface area (TPSA) is 112 Å². The number of carbonyl (C=O) groups is 1. The molecule has 0 aliphatic heterocycles. The molecule has 10 nitrogen and oxygen atoms in total. The summed E-state index contributed by atoms with van der Waals surface area (Å²) in [7, 11) is 4.68. The molecule has 2 heterocycles. The second-order valence-corrected chi connectivity index (χ2v) is 9.50. The maximum Gasteiger partial charge on any atom is 0.245 e. The summed E-state index contributed by atoms with van der Waals surface area (Å²) in [5.41, 5.74) is 2.61. The van der Waals surface area contributed by atoms with E-state index < -0.39 is 5.41 Å². The first-order chi connectivity index (χ1) is 17.2. The van der Waals surface area contributed by atoms with Gasteiger partial charge in [0.2, 0.25) is 17.6 Å². The minimum Gasteiger partial charge on any atom is -0.493 e. The second-order valence-electron chi connectivity index (χ2n) is 9.50. The van der Waals surface area contributed by atoms with Crippen molar-refractivity contribution in [2.24, 2.45) is 5.41 Å². The Bertz CT molecular complexity index is 1330. The minimum atomic E-state index is -0.503. The zero-order valence-corrected chi connectivity index (χ0v) is 21.7. The largest absolute Gasteiger partial charge is 0.493 e. The Morgan fingerprint density at radius 3 is 2.42 bits per heavy atom. The Morgan fingerprint density at radius 2 is 1.81 bits per heavy atom. The fourth-order valence-electron chi connectivity index (χ4n) is 3.92. The fourth-order valence-corrected chi connectivity index (χ4v) is 3.92. The van der Waals surface area contributed by atoms with Crippen molar-refractivity contribution in [1.82, 2.24) is 24.9 Å². The van der Waals surface area contributed by atoms with Gasteiger partial charge in [-0.1, -0.05) is 39.0 Å². The molecule has 3 aromatic rings. The third kappa shape index (κ3) is 4.84. The van der Waals surface area contributed by atoms with Crippen molar-refractivity contribution in [1.29, 1.82) is 0 Å². The highest BCUT2D eigenvalue weighted by Crippen LogP contribution is 2.40. The molecule has 4 rings (SSSR count). The van der Waals surface area contributed by atoms with Gasteiger partial charge in [0, 0.05) is 28.8 Å². The molecule has 1 unspecified atom stereocenters. The normalized spacial score (nSPS) is 15.4. The van der Waals surface area contributed by atoms with Crippen LogP contribution in [0.2, 0.25) is 0 Å². The third-order valence-electron chi connectivity index (χ3n) is 5.90. The Kier molecular flexibility index (Phi) is 6.87. The summed E-state index contributed by atoms with van der Waals surface area (Å²) in [6, 6.07) is 3.34. The summed E-state index contributed by atoms with van der Waals surface area (Å²) in [5, 5.41) is 11.1. The summed E-state index contributed by atoms with van der Waals surface area (Å²) in [4.78, 5) is 22.0. The van der Waals surface area contributed by atoms with Crippen LogP contribution in [0.4, 0.5) is 11.6 Å². The molecule has 0 saturated heterocycles. The van der Waals surface area contributed by atoms with Crippen LogP contribution in [0.25, 0.3) is 11.1 Å². The number of fused-ring (bicyclic) bond motifs is 1. The number of anilines is 2. The lowest BCUT2D eigenvalue weighted by atomic mass is 9.92. The van der Waals surface area contributed by atoms with E-state index in [0.29, 0.717) is 41.1 Å². The second kappa shape index (κ2) is 9.88. The number of hydrogen-bond acceptors (Lipinski definition) is 8. The lowest BCUT2D eigenvalue weighted by molar-refractivity contribution is -0.128. The molecule has 190 valence electrons. The Hall–Kier alpha value is -4.08. The van der Waals surface area contributed by atoms with Crippen LogP contribution >= 0.6 is 0 Å². The highest BCUT2D eigenvalue weighted by molar-refractivity contribution is 5.85. The van der Waals surface area contributed by atoms with Crippen molar-refractivity contribution in [2.45, 2.75) is 40.2 Å². The maximum atomic E-state index is 12.7. The lowest BCUT2D eigenvalue weighted by Gasteiger charge is -2.26. The zero-order valence-electron chi connectivity index (χ0n) is 21.7. The standard InChI is InChI=1S/C26H32N6O4/c1-15-19-14-27-25(29-16-12-20(34-5)22(36-7)21(13-16)35-6)31-32(19)23(28-15)17-10-8-9-11-18(17)30-24(33)26(2,3)4/h8-10,12-14,18H,11H2,1-7H3,(H,29,31)(H,30,33). The van der Waals surface area contributed by atoms with E-state index in [9.17, 15) is 4.79 Å². The molecule has 2 N–H and O–H groups in total. The van der Waals surface area contributed by atoms with Crippen LogP contribution in [0.15, 0.2) is 36.6 Å². The van der Waals surface area contributed by atoms with Crippen molar-refractivity contribution in [3.05, 3.63) is 48.1 Å². The number of benzene rings is 1. The number of nitrogens with one attached hydrogen (secondary N) is 2. The predicted molar refractivity (Wildman–Crippen MR) is 138 cm³/mol. The van der Waals surface area contributed by atoms with E-state index in [-0.39, 0.29) is 11.9 Å². The van der Waals surface area contributed by atoms with Crippen molar-refractivity contribution in [2.75, 3.05) is 26.6 Å². The first kappa shape index (κ1) is 25.0. The molecular weight excluding hydrogens is 460 g/mol. The minimum absolute atomic E-state index is 0.0225. The van der Waals surface area contributed by atoms with Gasteiger partial charge in [-0.15, -0.1) is 5.10 Å². The lowest BCUT2D eigenvalue weighted by Crippen LogP contribution is -2.42. The average molecular weight is 493 g/mol. The van der Waals surface area contributed by atoms with Gasteiger partial charge in [0.1, 0.15) is 5.52 Å². The van der Waals surface area contributed by atoms with Crippen molar-refractivity contribution >= 4 is 28.6 Å². The highest BCUT2D eigenvalue weighted by Gasteiger charge is 2.28. The Balaban J connectivity index is 1.72. The van der Waals surface area contributed by atoms with Crippen LogP contribution in [0.1, 0.15) is 38.7 Å². The molecule has 0 radical (unpaired) electrons. The van der Waals surface area contributed by atoms with Gasteiger partial charge < -0.3 is 24.8 Å². The van der Waals surface area contributed by atoms with E-state index in [1.54, 1.807) is 44.2 Å². The first-order valence-electron chi connectivity index (χ1n) is 11.6. The van der Waals surface area contributed by atoms with Crippen LogP contribution in [-0.4, -0.2) is 52.9 Å². The van der Waals surface area contributed by atoms with E-state index >= 15 is 0 Å². The van der Waals surface area contributed by atoms with Gasteiger partial charge >= 0.3 is 0 Å². The van der Waals surface area contributed by atoms with Crippen molar-refractivity contribution < 1.29 is 19.0 Å². The van der Waals surface area contributed by atoms with E-state index in [0.717, 1.165) is 16.8 Å². The smallest absolute Gasteiger partial charge is 0.245 e. The van der Waals surface area contributed by atoms with Gasteiger partial charge in [-0.2, -0.15) is 0 Å². The summed E-state index contributed by atoms with van der Waals surface area (Å²) in [5.74, 6) is 2.51. The quantitative estimate of drug-likeness (QED) is 0.508. The number of rotatable bonds is 7. The third-order valence-corrected chi connectivity index (χ3v) is 5.90. The number of carbonyl (C=O) groups excluding carboxylic acids is 1. The molecule has 0 spiro atoms. The van der Waals surface area contributed by atoms with Crippen LogP contribution in [0, 0.1) is 12.3 Å². The first-order valence-corrected chi connectivity index (χ1v) is 11.6. The van der Waals surface area contributed by atoms with Crippen molar-refractivity contribution in [3.8, 4) is 17.2 Å². The van der Waals surface area contributed by atoms with E-state index in [1.807, 2.05) is 45.9 Å². The molecular formula is C26H32N6O4. The summed E-state index contributed by atoms with van der Waals surface area (Å²) in [6.07, 6.45) is 8.37. The molecule has 1 aromatic carbocycles. The molecule has 1 amide bonds. The number of allylic oxidation sites excluding steroid dienone is 2. The fraction of sp³-hybridized carbons (Fsp3) is 0.385. The predicted octanol–water partition coefficient (Wildman–Crippen LogP) is 4.08. The highest BCUT2D eigenvalue weighted by atomic mass is 16.5. The number of nitrogens with zero attached hydrogens (tertiary/aromatic N) is 4. The van der Waals surface area contributed by atoms with Gasteiger partial charge in [-0.05, 0) is 13.3 Å². The van der Waals surface area contributed by atoms with E-state index in [4.69, 9.17) is 24.3 Å². The number of ether oxygens (including phenoxy) is 3. The molecule has 0 fully saturated rings. The van der Waals surface area contributed by atoms with Gasteiger partial charge in [-0.25, -0.2) is 14.5 Å². The molecule has 0 saturated carbocycles. The molecule has 1 atom stereocenters. The number of amides is 1. The molecule has 1 aliphatic rings. The number of imidazole rings is 1. The van der Waals surface area contributed by atoms with Crippen molar-refractivity contribution in [3.63, 3.8) is 0 Å². The molecule has 1 aliphatic carbocycles. The van der Waals surface area contributed by atoms with Gasteiger partial charge in [0.15, 0.2) is 17.3 Å². The van der Waals surface area contributed by atoms with E-state index in [1.165, 1.54) is 0 Å². The van der Waals surface area contributed by atoms with Crippen LogP contribution < -0.4 is 24.8 Å². The summed E-state index contributed by atoms with van der Waals surface area (Å²) < 4.78 is 18.0. The monoisotopic (exact) mass is 492 g/mol. The van der Waals surface area contributed by atoms with Crippen LogP contribution in [0.5, 0.6) is 17.2 Å². The van der Waals surface area contributed by atoms with Crippen LogP contribution in [0.3, 0.4) is 0 Å². The zero-order chi connectivity index (χ0) is 26.0. The number of hydrogen-bond donors (Lipinski definition) is 2. The van der Waals surface area contributed by atoms with E-state index in [2.05, 4.69) is 15.6 Å². The molecule has 36 heavy (non-hydrogen) atoms. The number of aromatic nitrogens is 4. The molecule has 0 bridgehead atoms. The number of aryl methyl sites for hydroxylation is 1. The molecule has 2 aromatic heterocycles. The Morgan fingerprint density at radius 1 is 1.11 bits per heavy atom. The van der Waals surface area contributed by atoms with Gasteiger partial charge in [-0.3, -0.25) is 4.79 Å². The SMILES string of the molecule is COc1cc(Nc2ncc3c(C)nc(C4=CC=CCC4NC(=O)C(C)(C)C)n3n2)cc(OC)c1OC. The Labute approximate surface area is 210 Å².